The molecule has 3 aliphatic rings. The molecule has 42 heavy (non-hydrogen) atoms. The van der Waals surface area contributed by atoms with Crippen LogP contribution >= 0.6 is 0 Å². The maximum atomic E-state index is 13.3. The highest BCUT2D eigenvalue weighted by Gasteiger charge is 2.35. The second kappa shape index (κ2) is 12.2. The van der Waals surface area contributed by atoms with Gasteiger partial charge in [-0.25, -0.2) is 15.0 Å². The molecule has 11 heteroatoms. The third-order valence-electron chi connectivity index (χ3n) is 8.54. The lowest BCUT2D eigenvalue weighted by molar-refractivity contribution is -0.137. The van der Waals surface area contributed by atoms with Gasteiger partial charge in [0.2, 0.25) is 5.91 Å². The zero-order valence-corrected chi connectivity index (χ0v) is 23.3. The number of pyridine rings is 2. The van der Waals surface area contributed by atoms with Crippen molar-refractivity contribution < 1.29 is 18.0 Å². The summed E-state index contributed by atoms with van der Waals surface area (Å²) in [6.07, 6.45) is 9.40. The number of allylic oxidation sites excluding steroid dienone is 1. The normalized spacial score (nSPS) is 21.8. The molecular weight excluding hydrogens is 543 g/mol. The van der Waals surface area contributed by atoms with Gasteiger partial charge in [-0.15, -0.1) is 0 Å². The van der Waals surface area contributed by atoms with Crippen molar-refractivity contribution >= 4 is 17.3 Å². The van der Waals surface area contributed by atoms with Gasteiger partial charge in [0.1, 0.15) is 5.82 Å². The first-order valence-electron chi connectivity index (χ1n) is 14.6. The molecule has 1 unspecified atom stereocenters. The van der Waals surface area contributed by atoms with Gasteiger partial charge in [0.05, 0.1) is 11.3 Å². The van der Waals surface area contributed by atoms with Crippen LogP contribution in [0.4, 0.5) is 19.0 Å². The van der Waals surface area contributed by atoms with Crippen molar-refractivity contribution in [1.29, 1.82) is 0 Å². The number of carbonyl (C=O) groups excluding carboxylic acids is 1. The van der Waals surface area contributed by atoms with Crippen LogP contribution in [0.1, 0.15) is 49.8 Å². The summed E-state index contributed by atoms with van der Waals surface area (Å²) < 4.78 is 39.3. The lowest BCUT2D eigenvalue weighted by Crippen LogP contribution is -2.44. The van der Waals surface area contributed by atoms with E-state index in [9.17, 15) is 18.0 Å². The van der Waals surface area contributed by atoms with E-state index in [4.69, 9.17) is 0 Å². The Morgan fingerprint density at radius 1 is 0.905 bits per heavy atom. The van der Waals surface area contributed by atoms with Gasteiger partial charge in [0.15, 0.2) is 5.82 Å². The Morgan fingerprint density at radius 2 is 1.71 bits per heavy atom. The summed E-state index contributed by atoms with van der Waals surface area (Å²) in [5, 5.41) is 3.77. The molecule has 1 aliphatic carbocycles. The molecule has 2 atom stereocenters. The van der Waals surface area contributed by atoms with Gasteiger partial charge in [0, 0.05) is 74.5 Å². The average Bonchev–Trinajstić information content (AvgIpc) is 3.50. The smallest absolute Gasteiger partial charge is 0.357 e. The molecule has 0 spiro atoms. The van der Waals surface area contributed by atoms with Crippen molar-refractivity contribution in [3.05, 3.63) is 72.5 Å². The Morgan fingerprint density at radius 3 is 2.40 bits per heavy atom. The van der Waals surface area contributed by atoms with Crippen molar-refractivity contribution in [1.82, 2.24) is 30.2 Å². The third-order valence-corrected chi connectivity index (χ3v) is 8.54. The number of amides is 1. The number of aromatic nitrogens is 4. The highest BCUT2D eigenvalue weighted by atomic mass is 19.4. The first-order valence-corrected chi connectivity index (χ1v) is 14.6. The van der Waals surface area contributed by atoms with E-state index in [2.05, 4.69) is 31.3 Å². The molecule has 0 saturated carbocycles. The van der Waals surface area contributed by atoms with Crippen LogP contribution < -0.4 is 10.2 Å². The fraction of sp³-hybridized carbons (Fsp3) is 0.452. The quantitative estimate of drug-likeness (QED) is 0.442. The fourth-order valence-corrected chi connectivity index (χ4v) is 6.19. The zero-order chi connectivity index (χ0) is 29.1. The molecule has 0 bridgehead atoms. The summed E-state index contributed by atoms with van der Waals surface area (Å²) in [7, 11) is 0. The van der Waals surface area contributed by atoms with Crippen LogP contribution in [0.15, 0.2) is 61.2 Å². The number of alkyl halides is 3. The molecule has 2 aliphatic heterocycles. The molecule has 1 N–H and O–H groups in total. The summed E-state index contributed by atoms with van der Waals surface area (Å²) in [5.41, 5.74) is 2.44. The van der Waals surface area contributed by atoms with E-state index in [0.29, 0.717) is 50.2 Å². The number of likely N-dealkylation sites (tertiary alicyclic amines) is 1. The monoisotopic (exact) mass is 577 g/mol. The number of nitrogens with one attached hydrogen (secondary N) is 1. The summed E-state index contributed by atoms with van der Waals surface area (Å²) in [6, 6.07) is 8.56. The van der Waals surface area contributed by atoms with Crippen LogP contribution in [0, 0.1) is 5.92 Å². The van der Waals surface area contributed by atoms with Gasteiger partial charge in [-0.1, -0.05) is 6.08 Å². The standard InChI is InChI=1S/C31H34F3N7O/c32-31(33,34)24-8-14-35-28(18-24)40-15-9-22(10-16-40)30(42)41-17-11-26(20-41)39-25-5-2-21(3-6-25)27-7-4-23(19-38-27)29-36-12-1-13-37-29/h1-2,4,7-8,12-14,18-19,22,25-26,39H,3,5-6,9-11,15-17,20H2/t25?,26-/m0/s1. The number of rotatable bonds is 6. The third kappa shape index (κ3) is 6.46. The van der Waals surface area contributed by atoms with E-state index in [0.717, 1.165) is 55.6 Å². The Balaban J connectivity index is 0.960. The van der Waals surface area contributed by atoms with E-state index >= 15 is 0 Å². The van der Waals surface area contributed by atoms with E-state index in [1.54, 1.807) is 18.5 Å². The van der Waals surface area contributed by atoms with Gasteiger partial charge in [-0.3, -0.25) is 9.78 Å². The summed E-state index contributed by atoms with van der Waals surface area (Å²) in [5.74, 6) is 1.05. The molecule has 2 saturated heterocycles. The maximum absolute atomic E-state index is 13.3. The predicted octanol–water partition coefficient (Wildman–Crippen LogP) is 5.00. The first kappa shape index (κ1) is 28.3. The van der Waals surface area contributed by atoms with Gasteiger partial charge in [0.25, 0.3) is 0 Å². The molecule has 3 aromatic heterocycles. The number of anilines is 1. The molecule has 8 nitrogen and oxygen atoms in total. The Labute approximate surface area is 243 Å². The Bertz CT molecular complexity index is 1410. The second-order valence-electron chi connectivity index (χ2n) is 11.3. The fourth-order valence-electron chi connectivity index (χ4n) is 6.19. The van der Waals surface area contributed by atoms with Crippen LogP contribution in [0.5, 0.6) is 0 Å². The minimum absolute atomic E-state index is 0.0988. The maximum Gasteiger partial charge on any atom is 0.416 e. The second-order valence-corrected chi connectivity index (χ2v) is 11.3. The van der Waals surface area contributed by atoms with Crippen LogP contribution in [0.3, 0.4) is 0 Å². The lowest BCUT2D eigenvalue weighted by atomic mass is 9.92. The topological polar surface area (TPSA) is 87.1 Å². The Kier molecular flexibility index (Phi) is 8.19. The number of hydrogen-bond acceptors (Lipinski definition) is 7. The first-order chi connectivity index (χ1) is 20.3. The molecule has 0 aromatic carbocycles. The number of halogens is 3. The number of carbonyl (C=O) groups is 1. The van der Waals surface area contributed by atoms with Crippen LogP contribution in [0.2, 0.25) is 0 Å². The highest BCUT2D eigenvalue weighted by molar-refractivity contribution is 5.79. The average molecular weight is 578 g/mol. The predicted molar refractivity (Wildman–Crippen MR) is 153 cm³/mol. The van der Waals surface area contributed by atoms with Gasteiger partial charge in [-0.2, -0.15) is 13.2 Å². The molecule has 220 valence electrons. The largest absolute Gasteiger partial charge is 0.416 e. The molecule has 1 amide bonds. The molecule has 0 radical (unpaired) electrons. The molecule has 3 aromatic rings. The van der Waals surface area contributed by atoms with Crippen LogP contribution in [-0.4, -0.2) is 69.0 Å². The van der Waals surface area contributed by atoms with E-state index in [1.165, 1.54) is 11.8 Å². The molecular formula is C31H34F3N7O. The van der Waals surface area contributed by atoms with Crippen molar-refractivity contribution in [3.63, 3.8) is 0 Å². The number of nitrogens with zero attached hydrogens (tertiary/aromatic N) is 6. The molecule has 6 rings (SSSR count). The van der Waals surface area contributed by atoms with Crippen LogP contribution in [0.25, 0.3) is 17.0 Å². The van der Waals surface area contributed by atoms with Gasteiger partial charge < -0.3 is 15.1 Å². The summed E-state index contributed by atoms with van der Waals surface area (Å²) in [6.45, 7) is 2.48. The van der Waals surface area contributed by atoms with Crippen molar-refractivity contribution in [2.75, 3.05) is 31.1 Å². The summed E-state index contributed by atoms with van der Waals surface area (Å²) in [4.78, 5) is 34.4. The molecule has 2 fully saturated rings. The van der Waals surface area contributed by atoms with Crippen molar-refractivity contribution in [3.8, 4) is 11.4 Å². The van der Waals surface area contributed by atoms with Gasteiger partial charge in [-0.05, 0) is 74.4 Å². The number of hydrogen-bond donors (Lipinski definition) is 1. The Hall–Kier alpha value is -3.86. The lowest BCUT2D eigenvalue weighted by Gasteiger charge is -2.34. The highest BCUT2D eigenvalue weighted by Crippen LogP contribution is 2.32. The minimum Gasteiger partial charge on any atom is -0.357 e. The summed E-state index contributed by atoms with van der Waals surface area (Å²) >= 11 is 0. The number of piperidine rings is 1. The van der Waals surface area contributed by atoms with E-state index in [-0.39, 0.29) is 17.9 Å². The van der Waals surface area contributed by atoms with Crippen LogP contribution in [-0.2, 0) is 11.0 Å². The van der Waals surface area contributed by atoms with E-state index < -0.39 is 11.7 Å². The zero-order valence-electron chi connectivity index (χ0n) is 23.3. The minimum atomic E-state index is -4.40. The SMILES string of the molecule is O=C(C1CCN(c2cc(C(F)(F)F)ccn2)CC1)N1CC[C@H](NC2CC=C(c3ccc(-c4ncccn4)cn3)CC2)C1. The van der Waals surface area contributed by atoms with Gasteiger partial charge >= 0.3 is 6.18 Å². The van der Waals surface area contributed by atoms with E-state index in [1.807, 2.05) is 28.1 Å². The van der Waals surface area contributed by atoms with Crippen molar-refractivity contribution in [2.45, 2.75) is 56.8 Å². The van der Waals surface area contributed by atoms with Crippen molar-refractivity contribution in [2.24, 2.45) is 5.92 Å². The molecule has 5 heterocycles.